The van der Waals surface area contributed by atoms with Crippen LogP contribution in [0.3, 0.4) is 0 Å². The zero-order valence-electron chi connectivity index (χ0n) is 13.1. The molecule has 1 unspecified atom stereocenters. The number of pyridine rings is 1. The molecule has 1 aliphatic heterocycles. The summed E-state index contributed by atoms with van der Waals surface area (Å²) in [6, 6.07) is 6.43. The van der Waals surface area contributed by atoms with Crippen LogP contribution in [-0.4, -0.2) is 24.6 Å². The summed E-state index contributed by atoms with van der Waals surface area (Å²) < 4.78 is 0. The third kappa shape index (κ3) is 4.48. The number of hydrogen-bond donors (Lipinski definition) is 1. The van der Waals surface area contributed by atoms with Gasteiger partial charge < -0.3 is 10.2 Å². The van der Waals surface area contributed by atoms with E-state index in [-0.39, 0.29) is 0 Å². The van der Waals surface area contributed by atoms with Gasteiger partial charge in [-0.2, -0.15) is 0 Å². The zero-order chi connectivity index (χ0) is 14.2. The first-order valence-corrected chi connectivity index (χ1v) is 8.25. The minimum Gasteiger partial charge on any atom is -0.357 e. The fraction of sp³-hybridized carbons (Fsp3) is 0.706. The predicted octanol–water partition coefficient (Wildman–Crippen LogP) is 3.60. The highest BCUT2D eigenvalue weighted by molar-refractivity contribution is 5.39. The number of anilines is 1. The minimum absolute atomic E-state index is 0.882. The van der Waals surface area contributed by atoms with Gasteiger partial charge in [0.15, 0.2) is 0 Å². The van der Waals surface area contributed by atoms with Crippen LogP contribution in [0, 0.1) is 5.92 Å². The van der Waals surface area contributed by atoms with Crippen LogP contribution in [0.25, 0.3) is 0 Å². The van der Waals surface area contributed by atoms with Crippen LogP contribution >= 0.6 is 0 Å². The summed E-state index contributed by atoms with van der Waals surface area (Å²) in [7, 11) is 0. The molecule has 1 N–H and O–H groups in total. The molecule has 0 bridgehead atoms. The Hall–Kier alpha value is -1.09. The summed E-state index contributed by atoms with van der Waals surface area (Å²) in [6.07, 6.45) is 6.49. The topological polar surface area (TPSA) is 28.2 Å². The van der Waals surface area contributed by atoms with Crippen molar-refractivity contribution in [3.05, 3.63) is 23.9 Å². The molecule has 1 aromatic rings. The lowest BCUT2D eigenvalue weighted by atomic mass is 9.98. The molecule has 2 heterocycles. The third-order valence-corrected chi connectivity index (χ3v) is 4.27. The first-order valence-electron chi connectivity index (χ1n) is 8.25. The Morgan fingerprint density at radius 2 is 2.15 bits per heavy atom. The summed E-state index contributed by atoms with van der Waals surface area (Å²) in [5.41, 5.74) is 1.16. The standard InChI is InChI=1S/C17H29N3/c1-3-11-18-14-16-8-5-9-17(19-16)20-12-6-7-15(4-2)10-13-20/h5,8-9,15,18H,3-4,6-7,10-14H2,1-2H3. The van der Waals surface area contributed by atoms with Crippen LogP contribution in [0.15, 0.2) is 18.2 Å². The van der Waals surface area contributed by atoms with E-state index in [1.807, 2.05) is 0 Å². The van der Waals surface area contributed by atoms with E-state index in [1.165, 1.54) is 32.1 Å². The molecule has 3 heteroatoms. The molecule has 0 amide bonds. The highest BCUT2D eigenvalue weighted by Gasteiger charge is 2.16. The molecule has 2 rings (SSSR count). The van der Waals surface area contributed by atoms with Gasteiger partial charge in [0.1, 0.15) is 5.82 Å². The summed E-state index contributed by atoms with van der Waals surface area (Å²) in [6.45, 7) is 8.78. The van der Waals surface area contributed by atoms with E-state index in [0.717, 1.165) is 43.6 Å². The molecule has 1 aromatic heterocycles. The summed E-state index contributed by atoms with van der Waals surface area (Å²) in [4.78, 5) is 7.30. The maximum atomic E-state index is 4.82. The van der Waals surface area contributed by atoms with E-state index >= 15 is 0 Å². The lowest BCUT2D eigenvalue weighted by molar-refractivity contribution is 0.459. The van der Waals surface area contributed by atoms with Gasteiger partial charge in [0.2, 0.25) is 0 Å². The average Bonchev–Trinajstić information content (AvgIpc) is 2.73. The Kier molecular flexibility index (Phi) is 6.31. The van der Waals surface area contributed by atoms with Gasteiger partial charge in [-0.25, -0.2) is 4.98 Å². The Labute approximate surface area is 123 Å². The Bertz CT molecular complexity index is 392. The van der Waals surface area contributed by atoms with Crippen molar-refractivity contribution in [1.29, 1.82) is 0 Å². The van der Waals surface area contributed by atoms with Crippen molar-refractivity contribution in [2.75, 3.05) is 24.5 Å². The first-order chi connectivity index (χ1) is 9.83. The zero-order valence-corrected chi connectivity index (χ0v) is 13.1. The molecular formula is C17H29N3. The lowest BCUT2D eigenvalue weighted by Crippen LogP contribution is -2.26. The van der Waals surface area contributed by atoms with Crippen molar-refractivity contribution < 1.29 is 0 Å². The van der Waals surface area contributed by atoms with Gasteiger partial charge in [-0.05, 0) is 50.3 Å². The fourth-order valence-electron chi connectivity index (χ4n) is 2.94. The van der Waals surface area contributed by atoms with Crippen molar-refractivity contribution in [1.82, 2.24) is 10.3 Å². The molecule has 3 nitrogen and oxygen atoms in total. The molecule has 112 valence electrons. The molecule has 0 aromatic carbocycles. The molecule has 1 fully saturated rings. The second-order valence-corrected chi connectivity index (χ2v) is 5.86. The Morgan fingerprint density at radius 1 is 1.25 bits per heavy atom. The predicted molar refractivity (Wildman–Crippen MR) is 86.1 cm³/mol. The average molecular weight is 275 g/mol. The van der Waals surface area contributed by atoms with E-state index in [4.69, 9.17) is 4.98 Å². The molecule has 0 saturated carbocycles. The summed E-state index contributed by atoms with van der Waals surface area (Å²) in [5, 5.41) is 3.43. The van der Waals surface area contributed by atoms with E-state index in [0.29, 0.717) is 0 Å². The van der Waals surface area contributed by atoms with Crippen molar-refractivity contribution in [3.63, 3.8) is 0 Å². The maximum Gasteiger partial charge on any atom is 0.128 e. The molecule has 1 atom stereocenters. The molecule has 0 radical (unpaired) electrons. The van der Waals surface area contributed by atoms with Crippen molar-refractivity contribution >= 4 is 5.82 Å². The van der Waals surface area contributed by atoms with Crippen LogP contribution in [0.4, 0.5) is 5.82 Å². The van der Waals surface area contributed by atoms with Gasteiger partial charge >= 0.3 is 0 Å². The van der Waals surface area contributed by atoms with Crippen LogP contribution in [0.2, 0.25) is 0 Å². The normalized spacial score (nSPS) is 19.9. The van der Waals surface area contributed by atoms with Gasteiger partial charge in [0, 0.05) is 19.6 Å². The third-order valence-electron chi connectivity index (χ3n) is 4.27. The fourth-order valence-corrected chi connectivity index (χ4v) is 2.94. The van der Waals surface area contributed by atoms with Gasteiger partial charge in [0.05, 0.1) is 5.69 Å². The van der Waals surface area contributed by atoms with Crippen molar-refractivity contribution in [2.45, 2.75) is 52.5 Å². The SMILES string of the molecule is CCCNCc1cccc(N2CCCC(CC)CC2)n1. The van der Waals surface area contributed by atoms with Gasteiger partial charge in [-0.3, -0.25) is 0 Å². The van der Waals surface area contributed by atoms with Gasteiger partial charge in [-0.1, -0.05) is 26.3 Å². The smallest absolute Gasteiger partial charge is 0.128 e. The monoisotopic (exact) mass is 275 g/mol. The van der Waals surface area contributed by atoms with Crippen molar-refractivity contribution in [2.24, 2.45) is 5.92 Å². The Balaban J connectivity index is 1.95. The van der Waals surface area contributed by atoms with Crippen LogP contribution in [-0.2, 0) is 6.54 Å². The van der Waals surface area contributed by atoms with E-state index < -0.39 is 0 Å². The highest BCUT2D eigenvalue weighted by atomic mass is 15.2. The number of nitrogens with zero attached hydrogens (tertiary/aromatic N) is 2. The number of rotatable bonds is 6. The van der Waals surface area contributed by atoms with Gasteiger partial charge in [0.25, 0.3) is 0 Å². The summed E-state index contributed by atoms with van der Waals surface area (Å²) >= 11 is 0. The molecule has 0 aliphatic carbocycles. The number of nitrogens with one attached hydrogen (secondary N) is 1. The molecule has 1 saturated heterocycles. The van der Waals surface area contributed by atoms with Crippen LogP contribution in [0.5, 0.6) is 0 Å². The molecule has 0 spiro atoms. The molecular weight excluding hydrogens is 246 g/mol. The minimum atomic E-state index is 0.882. The largest absolute Gasteiger partial charge is 0.357 e. The quantitative estimate of drug-likeness (QED) is 0.804. The van der Waals surface area contributed by atoms with Gasteiger partial charge in [-0.15, -0.1) is 0 Å². The van der Waals surface area contributed by atoms with Crippen LogP contribution < -0.4 is 10.2 Å². The summed E-state index contributed by atoms with van der Waals surface area (Å²) in [5.74, 6) is 2.08. The maximum absolute atomic E-state index is 4.82. The lowest BCUT2D eigenvalue weighted by Gasteiger charge is -2.22. The number of hydrogen-bond acceptors (Lipinski definition) is 3. The number of aromatic nitrogens is 1. The van der Waals surface area contributed by atoms with Crippen molar-refractivity contribution in [3.8, 4) is 0 Å². The first kappa shape index (κ1) is 15.3. The Morgan fingerprint density at radius 3 is 2.95 bits per heavy atom. The van der Waals surface area contributed by atoms with E-state index in [9.17, 15) is 0 Å². The van der Waals surface area contributed by atoms with Crippen LogP contribution in [0.1, 0.15) is 51.6 Å². The second kappa shape index (κ2) is 8.25. The highest BCUT2D eigenvalue weighted by Crippen LogP contribution is 2.23. The van der Waals surface area contributed by atoms with E-state index in [2.05, 4.69) is 42.3 Å². The molecule has 20 heavy (non-hydrogen) atoms. The second-order valence-electron chi connectivity index (χ2n) is 5.86. The molecule has 1 aliphatic rings. The van der Waals surface area contributed by atoms with E-state index in [1.54, 1.807) is 0 Å².